The van der Waals surface area contributed by atoms with Crippen molar-refractivity contribution in [2.45, 2.75) is 34.1 Å². The molecule has 0 aromatic carbocycles. The van der Waals surface area contributed by atoms with Crippen LogP contribution in [-0.2, 0) is 16.0 Å². The molecule has 21 heavy (non-hydrogen) atoms. The molecule has 0 N–H and O–H groups in total. The fourth-order valence-electron chi connectivity index (χ4n) is 1.62. The van der Waals surface area contributed by atoms with Crippen molar-refractivity contribution in [3.8, 4) is 0 Å². The quantitative estimate of drug-likeness (QED) is 0.813. The molecular formula is C17H22N2O2. The van der Waals surface area contributed by atoms with E-state index in [2.05, 4.69) is 23.0 Å². The summed E-state index contributed by atoms with van der Waals surface area (Å²) in [5.41, 5.74) is 4.19. The average molecular weight is 286 g/mol. The number of carbonyl (C=O) groups is 1. The van der Waals surface area contributed by atoms with Crippen LogP contribution in [0.15, 0.2) is 36.7 Å². The Morgan fingerprint density at radius 2 is 1.67 bits per heavy atom. The molecule has 4 nitrogen and oxygen atoms in total. The molecule has 0 amide bonds. The smallest absolute Gasteiger partial charge is 0.311 e. The number of hydrogen-bond donors (Lipinski definition) is 0. The van der Waals surface area contributed by atoms with Crippen LogP contribution in [0.3, 0.4) is 0 Å². The van der Waals surface area contributed by atoms with Crippen LogP contribution in [0, 0.1) is 20.8 Å². The van der Waals surface area contributed by atoms with Gasteiger partial charge in [-0.15, -0.1) is 0 Å². The van der Waals surface area contributed by atoms with E-state index >= 15 is 0 Å². The summed E-state index contributed by atoms with van der Waals surface area (Å²) in [5, 5.41) is 0. The molecule has 0 aliphatic rings. The highest BCUT2D eigenvalue weighted by atomic mass is 16.5. The molecule has 0 fully saturated rings. The SMILES string of the molecule is CCOC(=O)Cc1ncccc1C.Cc1cccnc1C. The van der Waals surface area contributed by atoms with Gasteiger partial charge in [0.2, 0.25) is 0 Å². The van der Waals surface area contributed by atoms with E-state index in [4.69, 9.17) is 4.74 Å². The Kier molecular flexibility index (Phi) is 7.09. The first-order chi connectivity index (χ1) is 10.0. The molecule has 2 aromatic heterocycles. The highest BCUT2D eigenvalue weighted by Gasteiger charge is 2.06. The second-order valence-corrected chi connectivity index (χ2v) is 4.65. The number of aromatic nitrogens is 2. The number of esters is 1. The molecule has 0 aliphatic heterocycles. The van der Waals surface area contributed by atoms with Crippen LogP contribution in [0.25, 0.3) is 0 Å². The van der Waals surface area contributed by atoms with E-state index in [1.54, 1.807) is 13.1 Å². The van der Waals surface area contributed by atoms with Gasteiger partial charge >= 0.3 is 5.97 Å². The fraction of sp³-hybridized carbons (Fsp3) is 0.353. The average Bonchev–Trinajstić information content (AvgIpc) is 2.46. The van der Waals surface area contributed by atoms with Crippen LogP contribution in [0.4, 0.5) is 0 Å². The first-order valence-corrected chi connectivity index (χ1v) is 6.99. The Hall–Kier alpha value is -2.23. The molecule has 2 heterocycles. The Bertz CT molecular complexity index is 562. The van der Waals surface area contributed by atoms with Crippen molar-refractivity contribution < 1.29 is 9.53 Å². The molecule has 2 rings (SSSR count). The van der Waals surface area contributed by atoms with E-state index in [1.165, 1.54) is 5.56 Å². The molecule has 0 saturated carbocycles. The van der Waals surface area contributed by atoms with Crippen LogP contribution in [-0.4, -0.2) is 22.5 Å². The Labute approximate surface area is 126 Å². The number of aryl methyl sites for hydroxylation is 3. The maximum absolute atomic E-state index is 11.1. The van der Waals surface area contributed by atoms with Gasteiger partial charge in [0, 0.05) is 18.1 Å². The first kappa shape index (κ1) is 16.8. The van der Waals surface area contributed by atoms with E-state index in [1.807, 2.05) is 38.2 Å². The van der Waals surface area contributed by atoms with E-state index in [-0.39, 0.29) is 12.4 Å². The lowest BCUT2D eigenvalue weighted by Crippen LogP contribution is -2.09. The molecule has 2 aromatic rings. The summed E-state index contributed by atoms with van der Waals surface area (Å²) in [5.74, 6) is -0.218. The van der Waals surface area contributed by atoms with Crippen molar-refractivity contribution in [3.63, 3.8) is 0 Å². The minimum Gasteiger partial charge on any atom is -0.466 e. The number of pyridine rings is 2. The van der Waals surface area contributed by atoms with Crippen LogP contribution in [0.1, 0.15) is 29.4 Å². The highest BCUT2D eigenvalue weighted by Crippen LogP contribution is 2.04. The van der Waals surface area contributed by atoms with Gasteiger partial charge < -0.3 is 4.74 Å². The van der Waals surface area contributed by atoms with Gasteiger partial charge in [0.25, 0.3) is 0 Å². The summed E-state index contributed by atoms with van der Waals surface area (Å²) >= 11 is 0. The van der Waals surface area contributed by atoms with Crippen LogP contribution < -0.4 is 0 Å². The minimum absolute atomic E-state index is 0.218. The molecule has 0 aliphatic carbocycles. The number of nitrogens with zero attached hydrogens (tertiary/aromatic N) is 2. The normalized spacial score (nSPS) is 9.52. The third-order valence-corrected chi connectivity index (χ3v) is 3.01. The van der Waals surface area contributed by atoms with Gasteiger partial charge in [-0.1, -0.05) is 12.1 Å². The number of carbonyl (C=O) groups excluding carboxylic acids is 1. The standard InChI is InChI=1S/C10H13NO2.C7H9N/c1-3-13-10(12)7-9-8(2)5-4-6-11-9;1-6-4-3-5-8-7(6)2/h4-6H,3,7H2,1-2H3;3-5H,1-2H3. The maximum Gasteiger partial charge on any atom is 0.311 e. The lowest BCUT2D eigenvalue weighted by molar-refractivity contribution is -0.142. The molecular weight excluding hydrogens is 264 g/mol. The summed E-state index contributed by atoms with van der Waals surface area (Å²) in [4.78, 5) is 19.3. The molecule has 0 atom stereocenters. The van der Waals surface area contributed by atoms with Crippen molar-refractivity contribution in [2.75, 3.05) is 6.61 Å². The summed E-state index contributed by atoms with van der Waals surface area (Å²) in [6.45, 7) is 8.22. The Balaban J connectivity index is 0.000000235. The third-order valence-electron chi connectivity index (χ3n) is 3.01. The Morgan fingerprint density at radius 1 is 1.05 bits per heavy atom. The monoisotopic (exact) mass is 286 g/mol. The molecule has 0 radical (unpaired) electrons. The molecule has 0 unspecified atom stereocenters. The van der Waals surface area contributed by atoms with Gasteiger partial charge in [-0.05, 0) is 51.0 Å². The van der Waals surface area contributed by atoms with Gasteiger partial charge in [0.05, 0.1) is 18.7 Å². The third kappa shape index (κ3) is 6.17. The van der Waals surface area contributed by atoms with Crippen LogP contribution >= 0.6 is 0 Å². The lowest BCUT2D eigenvalue weighted by Gasteiger charge is -2.03. The number of hydrogen-bond acceptors (Lipinski definition) is 4. The maximum atomic E-state index is 11.1. The predicted molar refractivity (Wildman–Crippen MR) is 83.0 cm³/mol. The fourth-order valence-corrected chi connectivity index (χ4v) is 1.62. The van der Waals surface area contributed by atoms with E-state index in [0.29, 0.717) is 6.61 Å². The molecule has 112 valence electrons. The van der Waals surface area contributed by atoms with Gasteiger partial charge in [-0.25, -0.2) is 0 Å². The summed E-state index contributed by atoms with van der Waals surface area (Å²) in [6, 6.07) is 7.79. The largest absolute Gasteiger partial charge is 0.466 e. The van der Waals surface area contributed by atoms with E-state index < -0.39 is 0 Å². The topological polar surface area (TPSA) is 52.1 Å². The summed E-state index contributed by atoms with van der Waals surface area (Å²) in [6.07, 6.45) is 3.75. The second-order valence-electron chi connectivity index (χ2n) is 4.65. The zero-order valence-corrected chi connectivity index (χ0v) is 13.1. The first-order valence-electron chi connectivity index (χ1n) is 6.99. The van der Waals surface area contributed by atoms with Crippen molar-refractivity contribution in [2.24, 2.45) is 0 Å². The Morgan fingerprint density at radius 3 is 2.14 bits per heavy atom. The predicted octanol–water partition coefficient (Wildman–Crippen LogP) is 3.19. The lowest BCUT2D eigenvalue weighted by atomic mass is 10.2. The van der Waals surface area contributed by atoms with E-state index in [9.17, 15) is 4.79 Å². The minimum atomic E-state index is -0.218. The van der Waals surface area contributed by atoms with Gasteiger partial charge in [0.1, 0.15) is 0 Å². The van der Waals surface area contributed by atoms with Crippen molar-refractivity contribution >= 4 is 5.97 Å². The molecule has 0 bridgehead atoms. The highest BCUT2D eigenvalue weighted by molar-refractivity contribution is 5.72. The second kappa shape index (κ2) is 8.84. The van der Waals surface area contributed by atoms with Gasteiger partial charge in [0.15, 0.2) is 0 Å². The van der Waals surface area contributed by atoms with Crippen molar-refractivity contribution in [1.82, 2.24) is 9.97 Å². The molecule has 0 spiro atoms. The zero-order valence-electron chi connectivity index (χ0n) is 13.1. The van der Waals surface area contributed by atoms with Crippen LogP contribution in [0.5, 0.6) is 0 Å². The van der Waals surface area contributed by atoms with E-state index in [0.717, 1.165) is 17.0 Å². The summed E-state index contributed by atoms with van der Waals surface area (Å²) < 4.78 is 4.82. The number of rotatable bonds is 3. The zero-order chi connectivity index (χ0) is 15.7. The molecule has 0 saturated heterocycles. The van der Waals surface area contributed by atoms with Gasteiger partial charge in [-0.3, -0.25) is 14.8 Å². The van der Waals surface area contributed by atoms with Crippen LogP contribution in [0.2, 0.25) is 0 Å². The van der Waals surface area contributed by atoms with Crippen molar-refractivity contribution in [1.29, 1.82) is 0 Å². The van der Waals surface area contributed by atoms with Crippen molar-refractivity contribution in [3.05, 3.63) is 59.2 Å². The molecule has 4 heteroatoms. The summed E-state index contributed by atoms with van der Waals surface area (Å²) in [7, 11) is 0. The van der Waals surface area contributed by atoms with Gasteiger partial charge in [-0.2, -0.15) is 0 Å². The number of ether oxygens (including phenoxy) is 1.